The Morgan fingerprint density at radius 1 is 1.03 bits per heavy atom. The molecule has 0 fully saturated rings. The maximum Gasteiger partial charge on any atom is 0.243 e. The Kier molecular flexibility index (Phi) is 6.77. The van der Waals surface area contributed by atoms with Crippen LogP contribution in [0.2, 0.25) is 5.02 Å². The van der Waals surface area contributed by atoms with E-state index in [0.29, 0.717) is 18.1 Å². The van der Waals surface area contributed by atoms with Gasteiger partial charge in [-0.25, -0.2) is 12.8 Å². The van der Waals surface area contributed by atoms with Crippen LogP contribution in [0, 0.1) is 11.7 Å². The molecule has 0 aliphatic heterocycles. The molecule has 3 aromatic rings. The van der Waals surface area contributed by atoms with Crippen molar-refractivity contribution >= 4 is 21.6 Å². The van der Waals surface area contributed by atoms with Crippen LogP contribution in [0.25, 0.3) is 0 Å². The van der Waals surface area contributed by atoms with Crippen molar-refractivity contribution in [1.82, 2.24) is 8.87 Å². The number of halogens is 2. The van der Waals surface area contributed by atoms with Gasteiger partial charge in [0.1, 0.15) is 5.82 Å². The molecule has 0 spiro atoms. The summed E-state index contributed by atoms with van der Waals surface area (Å²) in [5.41, 5.74) is 1.82. The summed E-state index contributed by atoms with van der Waals surface area (Å²) in [4.78, 5) is 0.0868. The van der Waals surface area contributed by atoms with Gasteiger partial charge in [-0.2, -0.15) is 4.31 Å². The Morgan fingerprint density at radius 3 is 2.38 bits per heavy atom. The zero-order valence-electron chi connectivity index (χ0n) is 16.4. The number of benzene rings is 2. The van der Waals surface area contributed by atoms with Gasteiger partial charge in [0.25, 0.3) is 0 Å². The monoisotopic (exact) mass is 434 g/mol. The molecular formula is C22H24ClFN2O2S. The lowest BCUT2D eigenvalue weighted by Crippen LogP contribution is -2.34. The van der Waals surface area contributed by atoms with Crippen molar-refractivity contribution in [2.75, 3.05) is 6.54 Å². The molecule has 0 saturated heterocycles. The number of nitrogens with zero attached hydrogens (tertiary/aromatic N) is 2. The van der Waals surface area contributed by atoms with Gasteiger partial charge in [-0.05, 0) is 53.9 Å². The largest absolute Gasteiger partial charge is 0.346 e. The van der Waals surface area contributed by atoms with Crippen LogP contribution in [0.15, 0.2) is 71.8 Å². The van der Waals surface area contributed by atoms with E-state index in [2.05, 4.69) is 0 Å². The number of hydrogen-bond donors (Lipinski definition) is 0. The quantitative estimate of drug-likeness (QED) is 0.490. The maximum absolute atomic E-state index is 13.3. The molecule has 0 N–H and O–H groups in total. The van der Waals surface area contributed by atoms with Crippen molar-refractivity contribution in [2.24, 2.45) is 5.92 Å². The highest BCUT2D eigenvalue weighted by Crippen LogP contribution is 2.22. The predicted octanol–water partition coefficient (Wildman–Crippen LogP) is 5.18. The van der Waals surface area contributed by atoms with E-state index < -0.39 is 15.8 Å². The van der Waals surface area contributed by atoms with Crippen LogP contribution in [0.1, 0.15) is 25.1 Å². The van der Waals surface area contributed by atoms with Gasteiger partial charge < -0.3 is 4.57 Å². The lowest BCUT2D eigenvalue weighted by Gasteiger charge is -2.25. The Balaban J connectivity index is 1.89. The summed E-state index contributed by atoms with van der Waals surface area (Å²) in [5.74, 6) is -0.329. The average Bonchev–Trinajstić information content (AvgIpc) is 3.10. The number of sulfonamides is 1. The summed E-state index contributed by atoms with van der Waals surface area (Å²) in [6, 6.07) is 16.3. The highest BCUT2D eigenvalue weighted by atomic mass is 35.5. The standard InChI is InChI=1S/C22H24ClFN2O2S/c1-17(2)14-26(29(27,28)21-11-9-19(24)10-12-21)16-20-7-5-13-25(20)15-18-6-3-4-8-22(18)23/h3-13,17H,14-16H2,1-2H3. The first-order chi connectivity index (χ1) is 13.8. The minimum atomic E-state index is -3.76. The molecule has 0 atom stereocenters. The molecule has 0 aliphatic carbocycles. The summed E-state index contributed by atoms with van der Waals surface area (Å²) >= 11 is 6.28. The molecule has 3 rings (SSSR count). The smallest absolute Gasteiger partial charge is 0.243 e. The van der Waals surface area contributed by atoms with Gasteiger partial charge in [0.15, 0.2) is 0 Å². The fourth-order valence-electron chi connectivity index (χ4n) is 3.15. The normalized spacial score (nSPS) is 12.1. The van der Waals surface area contributed by atoms with Gasteiger partial charge in [-0.15, -0.1) is 0 Å². The van der Waals surface area contributed by atoms with Crippen molar-refractivity contribution in [3.05, 3.63) is 89.0 Å². The molecule has 4 nitrogen and oxygen atoms in total. The highest BCUT2D eigenvalue weighted by molar-refractivity contribution is 7.89. The molecule has 0 saturated carbocycles. The molecule has 1 heterocycles. The van der Waals surface area contributed by atoms with Crippen LogP contribution in [0.4, 0.5) is 4.39 Å². The molecule has 0 radical (unpaired) electrons. The third kappa shape index (κ3) is 5.26. The zero-order valence-corrected chi connectivity index (χ0v) is 18.0. The van der Waals surface area contributed by atoms with Crippen LogP contribution in [-0.4, -0.2) is 23.8 Å². The van der Waals surface area contributed by atoms with Gasteiger partial charge in [0.2, 0.25) is 10.0 Å². The second kappa shape index (κ2) is 9.11. The fraction of sp³-hybridized carbons (Fsp3) is 0.273. The average molecular weight is 435 g/mol. The minimum absolute atomic E-state index is 0.0868. The van der Waals surface area contributed by atoms with Gasteiger partial charge in [-0.1, -0.05) is 43.6 Å². The lowest BCUT2D eigenvalue weighted by molar-refractivity contribution is 0.354. The van der Waals surface area contributed by atoms with E-state index in [1.54, 1.807) is 0 Å². The van der Waals surface area contributed by atoms with Crippen LogP contribution < -0.4 is 0 Å². The van der Waals surface area contributed by atoms with E-state index in [1.807, 2.05) is 61.0 Å². The van der Waals surface area contributed by atoms with Gasteiger partial charge in [0.05, 0.1) is 11.4 Å². The summed E-state index contributed by atoms with van der Waals surface area (Å²) in [5, 5.41) is 0.671. The third-order valence-corrected chi connectivity index (χ3v) is 6.78. The minimum Gasteiger partial charge on any atom is -0.346 e. The molecule has 0 bridgehead atoms. The van der Waals surface area contributed by atoms with E-state index >= 15 is 0 Å². The van der Waals surface area contributed by atoms with Crippen molar-refractivity contribution in [3.63, 3.8) is 0 Å². The van der Waals surface area contributed by atoms with E-state index in [-0.39, 0.29) is 17.4 Å². The topological polar surface area (TPSA) is 42.3 Å². The SMILES string of the molecule is CC(C)CN(Cc1cccn1Cc1ccccc1Cl)S(=O)(=O)c1ccc(F)cc1. The Bertz CT molecular complexity index is 1060. The Hall–Kier alpha value is -2.15. The van der Waals surface area contributed by atoms with E-state index in [9.17, 15) is 12.8 Å². The van der Waals surface area contributed by atoms with E-state index in [4.69, 9.17) is 11.6 Å². The van der Waals surface area contributed by atoms with Gasteiger partial charge in [0, 0.05) is 30.0 Å². The first-order valence-corrected chi connectivity index (χ1v) is 11.2. The summed E-state index contributed by atoms with van der Waals surface area (Å²) in [6.07, 6.45) is 1.91. The molecule has 7 heteroatoms. The first-order valence-electron chi connectivity index (χ1n) is 9.40. The van der Waals surface area contributed by atoms with Crippen LogP contribution >= 0.6 is 11.6 Å². The molecule has 0 amide bonds. The lowest BCUT2D eigenvalue weighted by atomic mass is 10.2. The zero-order chi connectivity index (χ0) is 21.0. The maximum atomic E-state index is 13.3. The Labute approximate surface area is 176 Å². The summed E-state index contributed by atoms with van der Waals surface area (Å²) < 4.78 is 43.1. The molecule has 0 unspecified atom stereocenters. The van der Waals surface area contributed by atoms with Crippen molar-refractivity contribution < 1.29 is 12.8 Å². The second-order valence-corrected chi connectivity index (χ2v) is 9.71. The third-order valence-electron chi connectivity index (χ3n) is 4.58. The molecule has 1 aromatic heterocycles. The van der Waals surface area contributed by atoms with E-state index in [0.717, 1.165) is 11.3 Å². The Morgan fingerprint density at radius 2 is 1.72 bits per heavy atom. The molecular weight excluding hydrogens is 411 g/mol. The molecule has 29 heavy (non-hydrogen) atoms. The van der Waals surface area contributed by atoms with Crippen molar-refractivity contribution in [2.45, 2.75) is 31.8 Å². The van der Waals surface area contributed by atoms with Gasteiger partial charge in [-0.3, -0.25) is 0 Å². The predicted molar refractivity (Wildman–Crippen MR) is 114 cm³/mol. The summed E-state index contributed by atoms with van der Waals surface area (Å²) in [6.45, 7) is 5.06. The van der Waals surface area contributed by atoms with Crippen molar-refractivity contribution in [3.8, 4) is 0 Å². The first kappa shape index (κ1) is 21.6. The number of aromatic nitrogens is 1. The second-order valence-electron chi connectivity index (χ2n) is 7.36. The molecule has 0 aliphatic rings. The van der Waals surface area contributed by atoms with E-state index in [1.165, 1.54) is 28.6 Å². The van der Waals surface area contributed by atoms with Crippen LogP contribution in [-0.2, 0) is 23.1 Å². The number of rotatable bonds is 8. The fourth-order valence-corrected chi connectivity index (χ4v) is 4.92. The van der Waals surface area contributed by atoms with Crippen molar-refractivity contribution in [1.29, 1.82) is 0 Å². The van der Waals surface area contributed by atoms with Crippen LogP contribution in [0.5, 0.6) is 0 Å². The van der Waals surface area contributed by atoms with Gasteiger partial charge >= 0.3 is 0 Å². The van der Waals surface area contributed by atoms with Crippen LogP contribution in [0.3, 0.4) is 0 Å². The molecule has 2 aromatic carbocycles. The highest BCUT2D eigenvalue weighted by Gasteiger charge is 2.26. The summed E-state index contributed by atoms with van der Waals surface area (Å²) in [7, 11) is -3.76. The molecule has 154 valence electrons. The number of hydrogen-bond acceptors (Lipinski definition) is 2.